The van der Waals surface area contributed by atoms with Gasteiger partial charge in [-0.15, -0.1) is 0 Å². The van der Waals surface area contributed by atoms with Gasteiger partial charge in [-0.05, 0) is 37.1 Å². The van der Waals surface area contributed by atoms with Crippen molar-refractivity contribution in [3.05, 3.63) is 54.6 Å². The Morgan fingerprint density at radius 2 is 1.81 bits per heavy atom. The molecule has 1 saturated heterocycles. The van der Waals surface area contributed by atoms with Crippen molar-refractivity contribution in [1.29, 1.82) is 0 Å². The van der Waals surface area contributed by atoms with Crippen LogP contribution in [0.3, 0.4) is 0 Å². The Morgan fingerprint density at radius 1 is 1.04 bits per heavy atom. The molecule has 1 aliphatic heterocycles. The van der Waals surface area contributed by atoms with E-state index in [1.807, 2.05) is 54.6 Å². The smallest absolute Gasteiger partial charge is 0.239 e. The van der Waals surface area contributed by atoms with E-state index in [-0.39, 0.29) is 18.6 Å². The van der Waals surface area contributed by atoms with Gasteiger partial charge in [-0.25, -0.2) is 0 Å². The number of carbonyl (C=O) groups is 1. The average molecular weight is 370 g/mol. The molecule has 3 rings (SSSR count). The zero-order chi connectivity index (χ0) is 18.7. The number of benzene rings is 2. The van der Waals surface area contributed by atoms with Crippen LogP contribution in [0.2, 0.25) is 0 Å². The highest BCUT2D eigenvalue weighted by molar-refractivity contribution is 5.81. The molecule has 144 valence electrons. The number of carbonyl (C=O) groups excluding carboxylic acids is 1. The first kappa shape index (κ1) is 19.0. The van der Waals surface area contributed by atoms with Gasteiger partial charge in [0.2, 0.25) is 5.91 Å². The molecule has 6 heteroatoms. The molecule has 0 aliphatic carbocycles. The lowest BCUT2D eigenvalue weighted by molar-refractivity contribution is -0.119. The minimum absolute atomic E-state index is 0.0623. The third-order valence-corrected chi connectivity index (χ3v) is 4.23. The van der Waals surface area contributed by atoms with Crippen molar-refractivity contribution in [1.82, 2.24) is 5.32 Å². The van der Waals surface area contributed by atoms with E-state index in [1.54, 1.807) is 0 Å². The maximum atomic E-state index is 12.0. The summed E-state index contributed by atoms with van der Waals surface area (Å²) in [6, 6.07) is 17.2. The molecular formula is C21H26N2O4. The molecule has 1 aliphatic rings. The molecular weight excluding hydrogens is 344 g/mol. The summed E-state index contributed by atoms with van der Waals surface area (Å²) in [4.78, 5) is 12.0. The van der Waals surface area contributed by atoms with Crippen molar-refractivity contribution in [2.24, 2.45) is 0 Å². The van der Waals surface area contributed by atoms with Gasteiger partial charge >= 0.3 is 0 Å². The van der Waals surface area contributed by atoms with Gasteiger partial charge in [-0.2, -0.15) is 0 Å². The molecule has 1 fully saturated rings. The normalized spacial score (nSPS) is 15.9. The van der Waals surface area contributed by atoms with Crippen molar-refractivity contribution < 1.29 is 19.0 Å². The van der Waals surface area contributed by atoms with Crippen molar-refractivity contribution in [2.75, 3.05) is 38.2 Å². The lowest BCUT2D eigenvalue weighted by Crippen LogP contribution is -2.35. The predicted octanol–water partition coefficient (Wildman–Crippen LogP) is 2.85. The van der Waals surface area contributed by atoms with Gasteiger partial charge in [0.1, 0.15) is 24.7 Å². The van der Waals surface area contributed by atoms with Gasteiger partial charge < -0.3 is 24.8 Å². The number of para-hydroxylation sites is 3. The fourth-order valence-electron chi connectivity index (χ4n) is 2.84. The summed E-state index contributed by atoms with van der Waals surface area (Å²) in [5.74, 6) is 1.45. The van der Waals surface area contributed by atoms with Crippen LogP contribution in [-0.4, -0.2) is 44.9 Å². The summed E-state index contributed by atoms with van der Waals surface area (Å²) in [5, 5.41) is 6.03. The Hall–Kier alpha value is -2.73. The third-order valence-electron chi connectivity index (χ3n) is 4.23. The van der Waals surface area contributed by atoms with Gasteiger partial charge in [0.15, 0.2) is 0 Å². The third kappa shape index (κ3) is 6.49. The van der Waals surface area contributed by atoms with E-state index in [0.717, 1.165) is 30.9 Å². The number of nitrogens with one attached hydrogen (secondary N) is 2. The molecule has 2 aromatic rings. The van der Waals surface area contributed by atoms with Crippen LogP contribution in [0.25, 0.3) is 0 Å². The van der Waals surface area contributed by atoms with Crippen LogP contribution < -0.4 is 20.1 Å². The molecule has 2 N–H and O–H groups in total. The van der Waals surface area contributed by atoms with Gasteiger partial charge in [0, 0.05) is 13.2 Å². The van der Waals surface area contributed by atoms with E-state index in [4.69, 9.17) is 14.2 Å². The van der Waals surface area contributed by atoms with Crippen molar-refractivity contribution >= 4 is 11.6 Å². The topological polar surface area (TPSA) is 68.8 Å². The summed E-state index contributed by atoms with van der Waals surface area (Å²) < 4.78 is 16.9. The van der Waals surface area contributed by atoms with Crippen LogP contribution >= 0.6 is 0 Å². The van der Waals surface area contributed by atoms with Crippen molar-refractivity contribution in [3.63, 3.8) is 0 Å². The number of amides is 1. The van der Waals surface area contributed by atoms with Crippen LogP contribution in [-0.2, 0) is 9.53 Å². The van der Waals surface area contributed by atoms with Crippen LogP contribution in [0.4, 0.5) is 5.69 Å². The Kier molecular flexibility index (Phi) is 7.35. The second-order valence-corrected chi connectivity index (χ2v) is 6.30. The molecule has 0 radical (unpaired) electrons. The quantitative estimate of drug-likeness (QED) is 0.630. The summed E-state index contributed by atoms with van der Waals surface area (Å²) in [5.41, 5.74) is 0.782. The second-order valence-electron chi connectivity index (χ2n) is 6.30. The first-order chi connectivity index (χ1) is 13.3. The maximum Gasteiger partial charge on any atom is 0.239 e. The molecule has 1 unspecified atom stereocenters. The average Bonchev–Trinajstić information content (AvgIpc) is 3.23. The molecule has 2 aromatic carbocycles. The highest BCUT2D eigenvalue weighted by Crippen LogP contribution is 2.23. The second kappa shape index (κ2) is 10.4. The lowest BCUT2D eigenvalue weighted by atomic mass is 10.2. The first-order valence-electron chi connectivity index (χ1n) is 9.33. The van der Waals surface area contributed by atoms with Crippen LogP contribution in [0.15, 0.2) is 54.6 Å². The molecule has 0 saturated carbocycles. The number of rotatable bonds is 10. The molecule has 27 heavy (non-hydrogen) atoms. The minimum Gasteiger partial charge on any atom is -0.490 e. The molecule has 0 bridgehead atoms. The van der Waals surface area contributed by atoms with Crippen LogP contribution in [0.5, 0.6) is 11.5 Å². The molecule has 1 heterocycles. The number of hydrogen-bond donors (Lipinski definition) is 2. The number of hydrogen-bond acceptors (Lipinski definition) is 5. The van der Waals surface area contributed by atoms with Gasteiger partial charge in [-0.1, -0.05) is 30.3 Å². The Labute approximate surface area is 159 Å². The van der Waals surface area contributed by atoms with E-state index in [0.29, 0.717) is 25.5 Å². The van der Waals surface area contributed by atoms with E-state index in [9.17, 15) is 4.79 Å². The molecule has 6 nitrogen and oxygen atoms in total. The van der Waals surface area contributed by atoms with Crippen molar-refractivity contribution in [2.45, 2.75) is 18.9 Å². The van der Waals surface area contributed by atoms with Gasteiger partial charge in [0.25, 0.3) is 0 Å². The number of ether oxygens (including phenoxy) is 3. The molecule has 0 aromatic heterocycles. The van der Waals surface area contributed by atoms with Gasteiger partial charge in [-0.3, -0.25) is 4.79 Å². The van der Waals surface area contributed by atoms with Crippen LogP contribution in [0, 0.1) is 0 Å². The fourth-order valence-corrected chi connectivity index (χ4v) is 2.84. The number of anilines is 1. The first-order valence-corrected chi connectivity index (χ1v) is 9.33. The van der Waals surface area contributed by atoms with E-state index in [1.165, 1.54) is 0 Å². The Morgan fingerprint density at radius 3 is 2.63 bits per heavy atom. The Bertz CT molecular complexity index is 702. The van der Waals surface area contributed by atoms with E-state index < -0.39 is 0 Å². The van der Waals surface area contributed by atoms with E-state index in [2.05, 4.69) is 10.6 Å². The predicted molar refractivity (Wildman–Crippen MR) is 104 cm³/mol. The molecule has 0 spiro atoms. The van der Waals surface area contributed by atoms with Crippen LogP contribution in [0.1, 0.15) is 12.8 Å². The monoisotopic (exact) mass is 370 g/mol. The van der Waals surface area contributed by atoms with Gasteiger partial charge in [0.05, 0.1) is 18.3 Å². The highest BCUT2D eigenvalue weighted by atomic mass is 16.5. The minimum atomic E-state index is -0.0623. The summed E-state index contributed by atoms with van der Waals surface area (Å²) in [7, 11) is 0. The summed E-state index contributed by atoms with van der Waals surface area (Å²) in [6.07, 6.45) is 2.22. The zero-order valence-corrected chi connectivity index (χ0v) is 15.4. The molecule has 1 amide bonds. The highest BCUT2D eigenvalue weighted by Gasteiger charge is 2.16. The largest absolute Gasteiger partial charge is 0.490 e. The molecule has 1 atom stereocenters. The summed E-state index contributed by atoms with van der Waals surface area (Å²) >= 11 is 0. The zero-order valence-electron chi connectivity index (χ0n) is 15.4. The summed E-state index contributed by atoms with van der Waals surface area (Å²) in [6.45, 7) is 2.40. The Balaban J connectivity index is 1.39. The maximum absolute atomic E-state index is 12.0. The standard InChI is InChI=1S/C21H26N2O4/c24-21(23-15-18-9-6-12-25-18)16-22-19-10-4-5-11-20(19)27-14-13-26-17-7-2-1-3-8-17/h1-5,7-8,10-11,18,22H,6,9,12-16H2,(H,23,24). The van der Waals surface area contributed by atoms with E-state index >= 15 is 0 Å². The fraction of sp³-hybridized carbons (Fsp3) is 0.381. The van der Waals surface area contributed by atoms with Crippen molar-refractivity contribution in [3.8, 4) is 11.5 Å². The lowest BCUT2D eigenvalue weighted by Gasteiger charge is -2.14. The SMILES string of the molecule is O=C(CNc1ccccc1OCCOc1ccccc1)NCC1CCCO1.